The normalized spacial score (nSPS) is 21.3. The molecule has 1 aliphatic heterocycles. The maximum Gasteiger partial charge on any atom is 0.126 e. The number of hydrogen-bond acceptors (Lipinski definition) is 2. The van der Waals surface area contributed by atoms with E-state index in [1.807, 2.05) is 0 Å². The van der Waals surface area contributed by atoms with Crippen LogP contribution < -0.4 is 10.5 Å². The molecular weight excluding hydrogens is 157 g/mol. The molecule has 0 radical (unpaired) electrons. The van der Waals surface area contributed by atoms with Crippen LogP contribution >= 0.6 is 0 Å². The van der Waals surface area contributed by atoms with Gasteiger partial charge in [-0.1, -0.05) is 6.07 Å². The van der Waals surface area contributed by atoms with Gasteiger partial charge in [0.15, 0.2) is 0 Å². The van der Waals surface area contributed by atoms with Crippen molar-refractivity contribution in [1.82, 2.24) is 0 Å². The van der Waals surface area contributed by atoms with Gasteiger partial charge in [-0.25, -0.2) is 4.39 Å². The minimum Gasteiger partial charge on any atom is -0.492 e. The fourth-order valence-electron chi connectivity index (χ4n) is 1.37. The van der Waals surface area contributed by atoms with E-state index in [1.165, 1.54) is 12.1 Å². The molecule has 0 bridgehead atoms. The van der Waals surface area contributed by atoms with Crippen molar-refractivity contribution in [3.05, 3.63) is 29.6 Å². The highest BCUT2D eigenvalue weighted by molar-refractivity contribution is 5.36. The highest BCUT2D eigenvalue weighted by Crippen LogP contribution is 2.24. The first-order valence-electron chi connectivity index (χ1n) is 3.92. The SMILES string of the molecule is NC1COc2cc(F)ccc2C1. The summed E-state index contributed by atoms with van der Waals surface area (Å²) in [5.41, 5.74) is 6.66. The van der Waals surface area contributed by atoms with Crippen molar-refractivity contribution in [2.75, 3.05) is 6.61 Å². The van der Waals surface area contributed by atoms with E-state index in [9.17, 15) is 4.39 Å². The number of ether oxygens (including phenoxy) is 1. The van der Waals surface area contributed by atoms with Gasteiger partial charge in [0.2, 0.25) is 0 Å². The molecule has 0 saturated heterocycles. The van der Waals surface area contributed by atoms with Crippen LogP contribution in [0.5, 0.6) is 5.75 Å². The van der Waals surface area contributed by atoms with Gasteiger partial charge in [0.25, 0.3) is 0 Å². The van der Waals surface area contributed by atoms with Crippen LogP contribution in [0.3, 0.4) is 0 Å². The van der Waals surface area contributed by atoms with Gasteiger partial charge in [-0.2, -0.15) is 0 Å². The number of rotatable bonds is 0. The highest BCUT2D eigenvalue weighted by atomic mass is 19.1. The molecule has 0 aliphatic carbocycles. The van der Waals surface area contributed by atoms with Crippen LogP contribution in [-0.2, 0) is 6.42 Å². The van der Waals surface area contributed by atoms with Gasteiger partial charge in [0, 0.05) is 12.1 Å². The molecule has 3 heteroatoms. The summed E-state index contributed by atoms with van der Waals surface area (Å²) in [7, 11) is 0. The summed E-state index contributed by atoms with van der Waals surface area (Å²) in [6, 6.07) is 4.61. The molecule has 2 N–H and O–H groups in total. The summed E-state index contributed by atoms with van der Waals surface area (Å²) < 4.78 is 17.9. The monoisotopic (exact) mass is 167 g/mol. The molecule has 0 fully saturated rings. The van der Waals surface area contributed by atoms with Crippen molar-refractivity contribution >= 4 is 0 Å². The zero-order chi connectivity index (χ0) is 8.55. The molecule has 2 rings (SSSR count). The molecule has 0 spiro atoms. The van der Waals surface area contributed by atoms with Crippen molar-refractivity contribution in [3.63, 3.8) is 0 Å². The van der Waals surface area contributed by atoms with Gasteiger partial charge in [0.1, 0.15) is 18.2 Å². The summed E-state index contributed by atoms with van der Waals surface area (Å²) in [6.45, 7) is 0.483. The second kappa shape index (κ2) is 2.75. The number of nitrogens with two attached hydrogens (primary N) is 1. The average molecular weight is 167 g/mol. The molecule has 1 heterocycles. The molecule has 1 aromatic carbocycles. The van der Waals surface area contributed by atoms with Crippen LogP contribution in [0.1, 0.15) is 5.56 Å². The van der Waals surface area contributed by atoms with Gasteiger partial charge in [0.05, 0.1) is 0 Å². The van der Waals surface area contributed by atoms with E-state index >= 15 is 0 Å². The Bertz CT molecular complexity index is 301. The topological polar surface area (TPSA) is 35.2 Å². The summed E-state index contributed by atoms with van der Waals surface area (Å²) in [5.74, 6) is 0.376. The summed E-state index contributed by atoms with van der Waals surface area (Å²) in [4.78, 5) is 0. The van der Waals surface area contributed by atoms with Crippen LogP contribution in [0.25, 0.3) is 0 Å². The van der Waals surface area contributed by atoms with E-state index < -0.39 is 0 Å². The minimum atomic E-state index is -0.260. The summed E-state index contributed by atoms with van der Waals surface area (Å²) >= 11 is 0. The van der Waals surface area contributed by atoms with Gasteiger partial charge < -0.3 is 10.5 Å². The zero-order valence-corrected chi connectivity index (χ0v) is 6.59. The van der Waals surface area contributed by atoms with Crippen molar-refractivity contribution in [2.45, 2.75) is 12.5 Å². The first-order valence-corrected chi connectivity index (χ1v) is 3.92. The molecule has 0 saturated carbocycles. The summed E-state index contributed by atoms with van der Waals surface area (Å²) in [6.07, 6.45) is 0.773. The molecule has 2 nitrogen and oxygen atoms in total. The molecule has 12 heavy (non-hydrogen) atoms. The van der Waals surface area contributed by atoms with E-state index in [4.69, 9.17) is 10.5 Å². The van der Waals surface area contributed by atoms with Crippen LogP contribution in [0.2, 0.25) is 0 Å². The Hall–Kier alpha value is -1.09. The van der Waals surface area contributed by atoms with Crippen molar-refractivity contribution in [1.29, 1.82) is 0 Å². The molecule has 1 aromatic rings. The highest BCUT2D eigenvalue weighted by Gasteiger charge is 2.16. The van der Waals surface area contributed by atoms with Crippen LogP contribution in [-0.4, -0.2) is 12.6 Å². The number of hydrogen-bond donors (Lipinski definition) is 1. The maximum atomic E-state index is 12.7. The number of benzene rings is 1. The minimum absolute atomic E-state index is 0.0444. The second-order valence-corrected chi connectivity index (χ2v) is 3.03. The third-order valence-corrected chi connectivity index (χ3v) is 1.96. The first-order chi connectivity index (χ1) is 5.75. The fraction of sp³-hybridized carbons (Fsp3) is 0.333. The summed E-state index contributed by atoms with van der Waals surface area (Å²) in [5, 5.41) is 0. The molecule has 0 amide bonds. The lowest BCUT2D eigenvalue weighted by molar-refractivity contribution is 0.262. The molecule has 0 aromatic heterocycles. The van der Waals surface area contributed by atoms with E-state index in [1.54, 1.807) is 6.07 Å². The first kappa shape index (κ1) is 7.55. The molecule has 64 valence electrons. The van der Waals surface area contributed by atoms with Crippen molar-refractivity contribution < 1.29 is 9.13 Å². The van der Waals surface area contributed by atoms with E-state index in [-0.39, 0.29) is 11.9 Å². The standard InChI is InChI=1S/C9H10FNO/c10-7-2-1-6-3-8(11)5-12-9(6)4-7/h1-2,4,8H,3,5,11H2. The van der Waals surface area contributed by atoms with Crippen LogP contribution in [0.15, 0.2) is 18.2 Å². The Balaban J connectivity index is 2.37. The molecular formula is C9H10FNO. The van der Waals surface area contributed by atoms with Gasteiger partial charge in [-0.15, -0.1) is 0 Å². The molecule has 1 unspecified atom stereocenters. The van der Waals surface area contributed by atoms with Crippen LogP contribution in [0.4, 0.5) is 4.39 Å². The van der Waals surface area contributed by atoms with E-state index in [2.05, 4.69) is 0 Å². The lowest BCUT2D eigenvalue weighted by Crippen LogP contribution is -2.33. The lowest BCUT2D eigenvalue weighted by Gasteiger charge is -2.21. The van der Waals surface area contributed by atoms with Gasteiger partial charge in [-0.3, -0.25) is 0 Å². The largest absolute Gasteiger partial charge is 0.492 e. The molecule has 1 aliphatic rings. The van der Waals surface area contributed by atoms with Gasteiger partial charge >= 0.3 is 0 Å². The van der Waals surface area contributed by atoms with Crippen LogP contribution in [0, 0.1) is 5.82 Å². The second-order valence-electron chi connectivity index (χ2n) is 3.03. The zero-order valence-electron chi connectivity index (χ0n) is 6.59. The van der Waals surface area contributed by atoms with E-state index in [0.29, 0.717) is 12.4 Å². The fourth-order valence-corrected chi connectivity index (χ4v) is 1.37. The van der Waals surface area contributed by atoms with Crippen molar-refractivity contribution in [2.24, 2.45) is 5.73 Å². The third kappa shape index (κ3) is 1.28. The van der Waals surface area contributed by atoms with E-state index in [0.717, 1.165) is 12.0 Å². The Morgan fingerprint density at radius 2 is 2.33 bits per heavy atom. The number of fused-ring (bicyclic) bond motifs is 1. The number of halogens is 1. The molecule has 1 atom stereocenters. The Labute approximate surface area is 70.1 Å². The average Bonchev–Trinajstić information content (AvgIpc) is 2.05. The third-order valence-electron chi connectivity index (χ3n) is 1.96. The smallest absolute Gasteiger partial charge is 0.126 e. The van der Waals surface area contributed by atoms with Crippen molar-refractivity contribution in [3.8, 4) is 5.75 Å². The Morgan fingerprint density at radius 3 is 3.17 bits per heavy atom. The Kier molecular flexibility index (Phi) is 1.73. The Morgan fingerprint density at radius 1 is 1.50 bits per heavy atom. The quantitative estimate of drug-likeness (QED) is 0.627. The predicted molar refractivity (Wildman–Crippen MR) is 43.6 cm³/mol. The maximum absolute atomic E-state index is 12.7. The lowest BCUT2D eigenvalue weighted by atomic mass is 10.0. The van der Waals surface area contributed by atoms with Gasteiger partial charge in [-0.05, 0) is 18.1 Å². The predicted octanol–water partition coefficient (Wildman–Crippen LogP) is 1.09.